The molecule has 31 heavy (non-hydrogen) atoms. The Kier molecular flexibility index (Phi) is 7.02. The third-order valence-corrected chi connectivity index (χ3v) is 6.70. The molecule has 0 amide bonds. The van der Waals surface area contributed by atoms with Crippen LogP contribution in [0.2, 0.25) is 5.02 Å². The fraction of sp³-hybridized carbons (Fsp3) is 0.389. The van der Waals surface area contributed by atoms with Crippen molar-refractivity contribution in [2.24, 2.45) is 0 Å². The zero-order valence-corrected chi connectivity index (χ0v) is 17.5. The first-order valence-electron chi connectivity index (χ1n) is 9.13. The predicted molar refractivity (Wildman–Crippen MR) is 105 cm³/mol. The highest BCUT2D eigenvalue weighted by Gasteiger charge is 2.36. The van der Waals surface area contributed by atoms with Crippen LogP contribution in [0.4, 0.5) is 19.1 Å². The van der Waals surface area contributed by atoms with Crippen LogP contribution in [-0.2, 0) is 21.0 Å². The second kappa shape index (κ2) is 9.37. The molecule has 1 aromatic carbocycles. The van der Waals surface area contributed by atoms with Gasteiger partial charge in [-0.2, -0.15) is 17.5 Å². The zero-order valence-electron chi connectivity index (χ0n) is 16.0. The van der Waals surface area contributed by atoms with E-state index >= 15 is 0 Å². The summed E-state index contributed by atoms with van der Waals surface area (Å²) in [5.74, 6) is -0.345. The number of carbonyl (C=O) groups is 1. The Morgan fingerprint density at radius 2 is 1.87 bits per heavy atom. The summed E-state index contributed by atoms with van der Waals surface area (Å²) in [6.07, 6.45) is -0.713. The van der Waals surface area contributed by atoms with Crippen molar-refractivity contribution in [2.45, 2.75) is 30.0 Å². The number of nitrogens with one attached hydrogen (secondary N) is 1. The Balaban J connectivity index is 1.73. The number of halogens is 4. The van der Waals surface area contributed by atoms with Crippen molar-refractivity contribution in [2.75, 3.05) is 25.0 Å². The highest BCUT2D eigenvalue weighted by Crippen LogP contribution is 2.38. The number of nitrogens with zero attached hydrogens (tertiary/aromatic N) is 3. The smallest absolute Gasteiger partial charge is 0.419 e. The van der Waals surface area contributed by atoms with Crippen molar-refractivity contribution in [1.29, 1.82) is 0 Å². The van der Waals surface area contributed by atoms with E-state index in [1.165, 1.54) is 16.7 Å². The van der Waals surface area contributed by atoms with E-state index < -0.39 is 34.1 Å². The van der Waals surface area contributed by atoms with Gasteiger partial charge >= 0.3 is 6.18 Å². The van der Waals surface area contributed by atoms with Crippen LogP contribution < -0.4 is 10.1 Å². The maximum Gasteiger partial charge on any atom is 0.419 e. The van der Waals surface area contributed by atoms with E-state index in [4.69, 9.17) is 16.3 Å². The minimum atomic E-state index is -4.76. The Bertz CT molecular complexity index is 1030. The molecule has 0 spiro atoms. The van der Waals surface area contributed by atoms with E-state index in [1.807, 2.05) is 0 Å². The second-order valence-electron chi connectivity index (χ2n) is 6.68. The van der Waals surface area contributed by atoms with Gasteiger partial charge in [0.05, 0.1) is 27.9 Å². The molecule has 0 unspecified atom stereocenters. The molecule has 0 bridgehead atoms. The minimum Gasteiger partial charge on any atom is -0.485 e. The normalized spacial score (nSPS) is 16.1. The summed E-state index contributed by atoms with van der Waals surface area (Å²) in [6, 6.07) is 2.25. The number of ether oxygens (including phenoxy) is 1. The van der Waals surface area contributed by atoms with E-state index in [-0.39, 0.29) is 30.3 Å². The summed E-state index contributed by atoms with van der Waals surface area (Å²) in [5.41, 5.74) is -1.15. The van der Waals surface area contributed by atoms with Crippen molar-refractivity contribution >= 4 is 33.9 Å². The molecule has 1 fully saturated rings. The van der Waals surface area contributed by atoms with Gasteiger partial charge in [-0.15, -0.1) is 0 Å². The van der Waals surface area contributed by atoms with E-state index in [2.05, 4.69) is 15.3 Å². The Morgan fingerprint density at radius 1 is 1.23 bits per heavy atom. The molecule has 13 heteroatoms. The Labute approximate surface area is 181 Å². The largest absolute Gasteiger partial charge is 0.485 e. The quantitative estimate of drug-likeness (QED) is 0.610. The fourth-order valence-electron chi connectivity index (χ4n) is 3.10. The van der Waals surface area contributed by atoms with Gasteiger partial charge in [0.25, 0.3) is 0 Å². The lowest BCUT2D eigenvalue weighted by Gasteiger charge is -2.31. The Morgan fingerprint density at radius 3 is 2.45 bits per heavy atom. The van der Waals surface area contributed by atoms with Crippen LogP contribution in [0, 0.1) is 0 Å². The van der Waals surface area contributed by atoms with Crippen LogP contribution in [-0.4, -0.2) is 54.7 Å². The molecule has 2 aromatic rings. The first-order valence-corrected chi connectivity index (χ1v) is 10.9. The summed E-state index contributed by atoms with van der Waals surface area (Å²) in [7, 11) is -4.05. The molecule has 1 aliphatic heterocycles. The number of benzene rings is 1. The van der Waals surface area contributed by atoms with Crippen LogP contribution >= 0.6 is 11.6 Å². The third-order valence-electron chi connectivity index (χ3n) is 4.61. The Hall–Kier alpha value is -2.44. The standard InChI is InChI=1S/C18H18ClF3N4O4S/c19-12-10-23-17(24-11-12)25-13-3-5-26(6-4-13)31(28,29)14-1-2-15(18(20,21)22)16(9-14)30-8-7-27/h1-2,7,9-11,13H,3-6,8H2,(H,23,24,25). The number of carbonyl (C=O) groups excluding carboxylic acids is 1. The van der Waals surface area contributed by atoms with Gasteiger partial charge in [0.2, 0.25) is 16.0 Å². The second-order valence-corrected chi connectivity index (χ2v) is 9.06. The molecule has 0 aliphatic carbocycles. The molecule has 1 N–H and O–H groups in total. The molecule has 2 heterocycles. The van der Waals surface area contributed by atoms with Crippen molar-refractivity contribution < 1.29 is 31.1 Å². The van der Waals surface area contributed by atoms with E-state index in [1.54, 1.807) is 0 Å². The fourth-order valence-corrected chi connectivity index (χ4v) is 4.68. The van der Waals surface area contributed by atoms with Crippen LogP contribution in [0.25, 0.3) is 0 Å². The average molecular weight is 479 g/mol. The lowest BCUT2D eigenvalue weighted by molar-refractivity contribution is -0.139. The summed E-state index contributed by atoms with van der Waals surface area (Å²) in [4.78, 5) is 18.2. The molecule has 168 valence electrons. The van der Waals surface area contributed by atoms with Gasteiger partial charge < -0.3 is 10.1 Å². The molecule has 8 nitrogen and oxygen atoms in total. The molecule has 3 rings (SSSR count). The molecular weight excluding hydrogens is 461 g/mol. The first kappa shape index (κ1) is 23.2. The van der Waals surface area contributed by atoms with Gasteiger partial charge in [-0.3, -0.25) is 4.79 Å². The highest BCUT2D eigenvalue weighted by atomic mass is 35.5. The number of hydrogen-bond acceptors (Lipinski definition) is 7. The molecule has 0 atom stereocenters. The molecule has 1 aromatic heterocycles. The topological polar surface area (TPSA) is 101 Å². The summed E-state index contributed by atoms with van der Waals surface area (Å²) >= 11 is 5.74. The van der Waals surface area contributed by atoms with Crippen LogP contribution in [0.3, 0.4) is 0 Å². The van der Waals surface area contributed by atoms with E-state index in [0.717, 1.165) is 12.1 Å². The number of hydrogen-bond donors (Lipinski definition) is 1. The summed E-state index contributed by atoms with van der Waals surface area (Å²) < 4.78 is 71.3. The van der Waals surface area contributed by atoms with Gasteiger partial charge in [-0.1, -0.05) is 11.6 Å². The van der Waals surface area contributed by atoms with Crippen LogP contribution in [0.15, 0.2) is 35.5 Å². The zero-order chi connectivity index (χ0) is 22.6. The number of rotatable bonds is 7. The minimum absolute atomic E-state index is 0.0771. The highest BCUT2D eigenvalue weighted by molar-refractivity contribution is 7.89. The van der Waals surface area contributed by atoms with Gasteiger partial charge in [-0.25, -0.2) is 18.4 Å². The van der Waals surface area contributed by atoms with Crippen molar-refractivity contribution in [3.8, 4) is 5.75 Å². The summed E-state index contributed by atoms with van der Waals surface area (Å²) in [6.45, 7) is -0.325. The third kappa shape index (κ3) is 5.63. The number of anilines is 1. The average Bonchev–Trinajstić information content (AvgIpc) is 2.73. The number of aldehydes is 1. The first-order chi connectivity index (χ1) is 14.6. The van der Waals surface area contributed by atoms with Gasteiger partial charge in [0.15, 0.2) is 6.29 Å². The number of piperidine rings is 1. The number of alkyl halides is 3. The van der Waals surface area contributed by atoms with E-state index in [9.17, 15) is 26.4 Å². The van der Waals surface area contributed by atoms with Gasteiger partial charge in [0.1, 0.15) is 12.4 Å². The lowest BCUT2D eigenvalue weighted by Crippen LogP contribution is -2.42. The van der Waals surface area contributed by atoms with E-state index in [0.29, 0.717) is 29.9 Å². The lowest BCUT2D eigenvalue weighted by atomic mass is 10.1. The molecule has 1 aliphatic rings. The van der Waals surface area contributed by atoms with Gasteiger partial charge in [0, 0.05) is 25.2 Å². The van der Waals surface area contributed by atoms with Crippen molar-refractivity contribution in [1.82, 2.24) is 14.3 Å². The predicted octanol–water partition coefficient (Wildman–Crippen LogP) is 2.99. The molecular formula is C18H18ClF3N4O4S. The molecule has 1 saturated heterocycles. The van der Waals surface area contributed by atoms with Crippen molar-refractivity contribution in [3.05, 3.63) is 41.2 Å². The van der Waals surface area contributed by atoms with Crippen LogP contribution in [0.5, 0.6) is 5.75 Å². The summed E-state index contributed by atoms with van der Waals surface area (Å²) in [5, 5.41) is 3.48. The SMILES string of the molecule is O=CCOc1cc(S(=O)(=O)N2CCC(Nc3ncc(Cl)cn3)CC2)ccc1C(F)(F)F. The van der Waals surface area contributed by atoms with Crippen molar-refractivity contribution in [3.63, 3.8) is 0 Å². The molecule has 0 radical (unpaired) electrons. The maximum absolute atomic E-state index is 13.1. The number of aromatic nitrogens is 2. The number of sulfonamides is 1. The van der Waals surface area contributed by atoms with Crippen LogP contribution in [0.1, 0.15) is 18.4 Å². The monoisotopic (exact) mass is 478 g/mol. The van der Waals surface area contributed by atoms with Gasteiger partial charge in [-0.05, 0) is 25.0 Å². The molecule has 0 saturated carbocycles. The maximum atomic E-state index is 13.1.